The number of primary amides is 1. The minimum absolute atomic E-state index is 0.222. The van der Waals surface area contributed by atoms with E-state index in [1.165, 1.54) is 0 Å². The first-order valence-corrected chi connectivity index (χ1v) is 5.46. The van der Waals surface area contributed by atoms with Crippen molar-refractivity contribution in [2.45, 2.75) is 0 Å². The van der Waals surface area contributed by atoms with Crippen LogP contribution in [0.5, 0.6) is 0 Å². The van der Waals surface area contributed by atoms with Crippen molar-refractivity contribution in [2.75, 3.05) is 0 Å². The Morgan fingerprint density at radius 1 is 1.11 bits per heavy atom. The number of benzene rings is 1. The average molecular weight is 238 g/mol. The number of imidazole rings is 1. The summed E-state index contributed by atoms with van der Waals surface area (Å²) >= 11 is 0. The quantitative estimate of drug-likeness (QED) is 0.735. The smallest absolute Gasteiger partial charge is 0.269 e. The largest absolute Gasteiger partial charge is 0.364 e. The van der Waals surface area contributed by atoms with E-state index in [4.69, 9.17) is 5.73 Å². The third-order valence-corrected chi connectivity index (χ3v) is 2.64. The molecule has 5 nitrogen and oxygen atoms in total. The molecule has 3 rings (SSSR count). The monoisotopic (exact) mass is 238 g/mol. The van der Waals surface area contributed by atoms with Crippen molar-refractivity contribution in [3.63, 3.8) is 0 Å². The van der Waals surface area contributed by atoms with E-state index in [-0.39, 0.29) is 5.69 Å². The maximum atomic E-state index is 11.0. The lowest BCUT2D eigenvalue weighted by Gasteiger charge is -1.94. The molecule has 0 spiro atoms. The second kappa shape index (κ2) is 3.96. The van der Waals surface area contributed by atoms with E-state index in [1.807, 2.05) is 30.3 Å². The summed E-state index contributed by atoms with van der Waals surface area (Å²) in [6, 6.07) is 13.1. The van der Waals surface area contributed by atoms with Crippen molar-refractivity contribution >= 4 is 11.6 Å². The lowest BCUT2D eigenvalue weighted by molar-refractivity contribution is 0.0994. The third-order valence-electron chi connectivity index (χ3n) is 2.64. The maximum absolute atomic E-state index is 11.0. The molecule has 18 heavy (non-hydrogen) atoms. The van der Waals surface area contributed by atoms with Gasteiger partial charge in [-0.1, -0.05) is 30.3 Å². The Morgan fingerprint density at radius 3 is 2.61 bits per heavy atom. The Bertz CT molecular complexity index is 718. The fourth-order valence-corrected chi connectivity index (χ4v) is 1.76. The number of fused-ring (bicyclic) bond motifs is 1. The highest BCUT2D eigenvalue weighted by Crippen LogP contribution is 2.17. The normalized spacial score (nSPS) is 10.7. The highest BCUT2D eigenvalue weighted by Gasteiger charge is 2.07. The molecule has 0 unspecified atom stereocenters. The van der Waals surface area contributed by atoms with Gasteiger partial charge in [0, 0.05) is 5.56 Å². The fourth-order valence-electron chi connectivity index (χ4n) is 1.76. The lowest BCUT2D eigenvalue weighted by Crippen LogP contribution is -2.14. The Kier molecular flexibility index (Phi) is 2.30. The number of carbonyl (C=O) groups is 1. The number of aromatic nitrogens is 3. The molecule has 2 N–H and O–H groups in total. The van der Waals surface area contributed by atoms with Crippen LogP contribution in [0, 0.1) is 0 Å². The second-order valence-electron chi connectivity index (χ2n) is 3.88. The van der Waals surface area contributed by atoms with Gasteiger partial charge in [0.2, 0.25) is 0 Å². The predicted molar refractivity (Wildman–Crippen MR) is 66.9 cm³/mol. The van der Waals surface area contributed by atoms with Crippen LogP contribution in [0.4, 0.5) is 0 Å². The van der Waals surface area contributed by atoms with Gasteiger partial charge in [-0.05, 0) is 12.1 Å². The minimum Gasteiger partial charge on any atom is -0.364 e. The summed E-state index contributed by atoms with van der Waals surface area (Å²) in [5.41, 5.74) is 7.90. The number of nitrogens with zero attached hydrogens (tertiary/aromatic N) is 3. The number of hydrogen-bond donors (Lipinski definition) is 1. The average Bonchev–Trinajstić information content (AvgIpc) is 2.82. The number of rotatable bonds is 2. The van der Waals surface area contributed by atoms with Gasteiger partial charge < -0.3 is 5.73 Å². The molecule has 0 aliphatic rings. The standard InChI is InChI=1S/C13H10N4O/c14-13(18)10-6-7-12-15-11(8-17(12)16-10)9-4-2-1-3-5-9/h1-8H,(H2,14,18). The van der Waals surface area contributed by atoms with Gasteiger partial charge in [0.15, 0.2) is 5.65 Å². The zero-order chi connectivity index (χ0) is 12.5. The van der Waals surface area contributed by atoms with Crippen LogP contribution in [0.1, 0.15) is 10.5 Å². The molecular formula is C13H10N4O. The molecule has 0 saturated heterocycles. The van der Waals surface area contributed by atoms with Gasteiger partial charge >= 0.3 is 0 Å². The van der Waals surface area contributed by atoms with Gasteiger partial charge in [0.25, 0.3) is 5.91 Å². The van der Waals surface area contributed by atoms with Crippen LogP contribution in [0.25, 0.3) is 16.9 Å². The van der Waals surface area contributed by atoms with Crippen molar-refractivity contribution in [1.82, 2.24) is 14.6 Å². The van der Waals surface area contributed by atoms with Crippen LogP contribution >= 0.6 is 0 Å². The molecule has 5 heteroatoms. The van der Waals surface area contributed by atoms with E-state index in [0.717, 1.165) is 11.3 Å². The number of carbonyl (C=O) groups excluding carboxylic acids is 1. The Labute approximate surface area is 103 Å². The van der Waals surface area contributed by atoms with Gasteiger partial charge in [-0.2, -0.15) is 5.10 Å². The maximum Gasteiger partial charge on any atom is 0.269 e. The first kappa shape index (κ1) is 10.5. The Balaban J connectivity index is 2.14. The molecule has 0 bridgehead atoms. The summed E-state index contributed by atoms with van der Waals surface area (Å²) < 4.78 is 1.56. The molecule has 0 radical (unpaired) electrons. The molecule has 0 aliphatic heterocycles. The molecule has 1 amide bonds. The summed E-state index contributed by atoms with van der Waals surface area (Å²) in [6.07, 6.45) is 1.77. The Hall–Kier alpha value is -2.69. The summed E-state index contributed by atoms with van der Waals surface area (Å²) in [4.78, 5) is 15.5. The van der Waals surface area contributed by atoms with Gasteiger partial charge in [0.1, 0.15) is 5.69 Å². The molecule has 0 fully saturated rings. The number of hydrogen-bond acceptors (Lipinski definition) is 3. The molecule has 2 heterocycles. The van der Waals surface area contributed by atoms with E-state index in [2.05, 4.69) is 10.1 Å². The van der Waals surface area contributed by atoms with E-state index in [0.29, 0.717) is 5.65 Å². The van der Waals surface area contributed by atoms with Gasteiger partial charge in [-0.25, -0.2) is 9.50 Å². The van der Waals surface area contributed by atoms with Crippen LogP contribution in [0.2, 0.25) is 0 Å². The molecule has 3 aromatic rings. The summed E-state index contributed by atoms with van der Waals surface area (Å²) in [6.45, 7) is 0. The minimum atomic E-state index is -0.549. The van der Waals surface area contributed by atoms with E-state index >= 15 is 0 Å². The highest BCUT2D eigenvalue weighted by molar-refractivity contribution is 5.90. The summed E-state index contributed by atoms with van der Waals surface area (Å²) in [7, 11) is 0. The molecule has 88 valence electrons. The zero-order valence-electron chi connectivity index (χ0n) is 9.45. The van der Waals surface area contributed by atoms with E-state index in [9.17, 15) is 4.79 Å². The number of amides is 1. The molecule has 1 aromatic carbocycles. The Morgan fingerprint density at radius 2 is 1.89 bits per heavy atom. The van der Waals surface area contributed by atoms with Gasteiger partial charge in [-0.15, -0.1) is 0 Å². The highest BCUT2D eigenvalue weighted by atomic mass is 16.1. The van der Waals surface area contributed by atoms with E-state index in [1.54, 1.807) is 22.8 Å². The SMILES string of the molecule is NC(=O)c1ccc2nc(-c3ccccc3)cn2n1. The van der Waals surface area contributed by atoms with Crippen molar-refractivity contribution < 1.29 is 4.79 Å². The van der Waals surface area contributed by atoms with Crippen molar-refractivity contribution in [2.24, 2.45) is 5.73 Å². The molecule has 2 aromatic heterocycles. The fraction of sp³-hybridized carbons (Fsp3) is 0. The lowest BCUT2D eigenvalue weighted by atomic mass is 10.2. The van der Waals surface area contributed by atoms with Crippen LogP contribution < -0.4 is 5.73 Å². The predicted octanol–water partition coefficient (Wildman–Crippen LogP) is 1.50. The van der Waals surface area contributed by atoms with Crippen LogP contribution in [-0.4, -0.2) is 20.5 Å². The topological polar surface area (TPSA) is 73.3 Å². The second-order valence-corrected chi connectivity index (χ2v) is 3.88. The first-order valence-electron chi connectivity index (χ1n) is 5.46. The molecular weight excluding hydrogens is 228 g/mol. The third kappa shape index (κ3) is 1.71. The van der Waals surface area contributed by atoms with E-state index < -0.39 is 5.91 Å². The van der Waals surface area contributed by atoms with Gasteiger partial charge in [-0.3, -0.25) is 4.79 Å². The summed E-state index contributed by atoms with van der Waals surface area (Å²) in [5, 5.41) is 4.10. The summed E-state index contributed by atoms with van der Waals surface area (Å²) in [5.74, 6) is -0.549. The van der Waals surface area contributed by atoms with Crippen molar-refractivity contribution in [3.8, 4) is 11.3 Å². The molecule has 0 saturated carbocycles. The van der Waals surface area contributed by atoms with Crippen LogP contribution in [-0.2, 0) is 0 Å². The van der Waals surface area contributed by atoms with Crippen molar-refractivity contribution in [3.05, 3.63) is 54.4 Å². The van der Waals surface area contributed by atoms with Crippen LogP contribution in [0.3, 0.4) is 0 Å². The van der Waals surface area contributed by atoms with Gasteiger partial charge in [0.05, 0.1) is 11.9 Å². The van der Waals surface area contributed by atoms with Crippen molar-refractivity contribution in [1.29, 1.82) is 0 Å². The number of nitrogens with two attached hydrogens (primary N) is 1. The first-order chi connectivity index (χ1) is 8.74. The zero-order valence-corrected chi connectivity index (χ0v) is 9.45. The van der Waals surface area contributed by atoms with Crippen LogP contribution in [0.15, 0.2) is 48.7 Å². The molecule has 0 aliphatic carbocycles. The molecule has 0 atom stereocenters.